The number of rotatable bonds is 4. The van der Waals surface area contributed by atoms with Crippen molar-refractivity contribution in [2.24, 2.45) is 0 Å². The summed E-state index contributed by atoms with van der Waals surface area (Å²) in [6.45, 7) is 2.96. The summed E-state index contributed by atoms with van der Waals surface area (Å²) in [7, 11) is 1.70. The van der Waals surface area contributed by atoms with E-state index in [2.05, 4.69) is 41.8 Å². The van der Waals surface area contributed by atoms with Gasteiger partial charge >= 0.3 is 0 Å². The molecule has 102 valence electrons. The lowest BCUT2D eigenvalue weighted by molar-refractivity contribution is 0.414. The van der Waals surface area contributed by atoms with E-state index in [1.807, 2.05) is 18.2 Å². The Hall–Kier alpha value is -2.29. The molecule has 1 heterocycles. The molecule has 3 aromatic rings. The summed E-state index contributed by atoms with van der Waals surface area (Å²) < 4.78 is 7.58. The van der Waals surface area contributed by atoms with Crippen LogP contribution in [-0.2, 0) is 13.0 Å². The summed E-state index contributed by atoms with van der Waals surface area (Å²) >= 11 is 0. The fourth-order valence-electron chi connectivity index (χ4n) is 2.53. The number of hydrogen-bond acceptors (Lipinski definition) is 2. The summed E-state index contributed by atoms with van der Waals surface area (Å²) in [5.74, 6) is 2.01. The minimum Gasteiger partial charge on any atom is -0.497 e. The second-order valence-electron chi connectivity index (χ2n) is 4.81. The molecule has 3 nitrogen and oxygen atoms in total. The number of ether oxygens (including phenoxy) is 1. The standard InChI is InChI=1S/C17H18N2O/c1-3-17-18-15-9-4-5-10-16(15)19(17)12-13-7-6-8-14(11-13)20-2/h4-11H,3,12H2,1-2H3. The largest absolute Gasteiger partial charge is 0.497 e. The molecule has 2 aromatic carbocycles. The van der Waals surface area contributed by atoms with Crippen molar-refractivity contribution >= 4 is 11.0 Å². The highest BCUT2D eigenvalue weighted by molar-refractivity contribution is 5.76. The zero-order valence-corrected chi connectivity index (χ0v) is 11.8. The van der Waals surface area contributed by atoms with E-state index in [4.69, 9.17) is 9.72 Å². The molecule has 0 saturated carbocycles. The van der Waals surface area contributed by atoms with E-state index in [9.17, 15) is 0 Å². The van der Waals surface area contributed by atoms with Crippen molar-refractivity contribution in [1.82, 2.24) is 9.55 Å². The van der Waals surface area contributed by atoms with Crippen LogP contribution in [0.15, 0.2) is 48.5 Å². The maximum Gasteiger partial charge on any atom is 0.119 e. The van der Waals surface area contributed by atoms with E-state index in [-0.39, 0.29) is 0 Å². The minimum atomic E-state index is 0.820. The lowest BCUT2D eigenvalue weighted by Crippen LogP contribution is -2.04. The highest BCUT2D eigenvalue weighted by Crippen LogP contribution is 2.20. The Bertz CT molecular complexity index is 731. The van der Waals surface area contributed by atoms with E-state index in [0.717, 1.165) is 30.1 Å². The third kappa shape index (κ3) is 2.27. The Morgan fingerprint density at radius 1 is 1.10 bits per heavy atom. The fourth-order valence-corrected chi connectivity index (χ4v) is 2.53. The van der Waals surface area contributed by atoms with Gasteiger partial charge in [-0.15, -0.1) is 0 Å². The number of aromatic nitrogens is 2. The van der Waals surface area contributed by atoms with Crippen molar-refractivity contribution in [2.75, 3.05) is 7.11 Å². The van der Waals surface area contributed by atoms with Gasteiger partial charge in [-0.3, -0.25) is 0 Å². The second-order valence-corrected chi connectivity index (χ2v) is 4.81. The number of benzene rings is 2. The summed E-state index contributed by atoms with van der Waals surface area (Å²) in [5, 5.41) is 0. The van der Waals surface area contributed by atoms with Crippen LogP contribution >= 0.6 is 0 Å². The van der Waals surface area contributed by atoms with Gasteiger partial charge in [-0.2, -0.15) is 0 Å². The molecule has 20 heavy (non-hydrogen) atoms. The number of nitrogens with zero attached hydrogens (tertiary/aromatic N) is 2. The first-order chi connectivity index (χ1) is 9.81. The molecule has 0 aliphatic rings. The van der Waals surface area contributed by atoms with Crippen molar-refractivity contribution < 1.29 is 4.74 Å². The quantitative estimate of drug-likeness (QED) is 0.720. The third-order valence-corrected chi connectivity index (χ3v) is 3.52. The van der Waals surface area contributed by atoms with E-state index in [0.29, 0.717) is 0 Å². The molecule has 0 fully saturated rings. The van der Waals surface area contributed by atoms with Gasteiger partial charge in [0.15, 0.2) is 0 Å². The molecule has 1 aromatic heterocycles. The molecule has 0 bridgehead atoms. The van der Waals surface area contributed by atoms with Crippen LogP contribution in [0.3, 0.4) is 0 Å². The molecule has 0 radical (unpaired) electrons. The van der Waals surface area contributed by atoms with E-state index >= 15 is 0 Å². The van der Waals surface area contributed by atoms with Gasteiger partial charge < -0.3 is 9.30 Å². The van der Waals surface area contributed by atoms with Gasteiger partial charge in [-0.05, 0) is 29.8 Å². The molecule has 3 heteroatoms. The van der Waals surface area contributed by atoms with E-state index < -0.39 is 0 Å². The average Bonchev–Trinajstić information content (AvgIpc) is 2.85. The molecule has 0 amide bonds. The van der Waals surface area contributed by atoms with Crippen LogP contribution in [0.4, 0.5) is 0 Å². The van der Waals surface area contributed by atoms with Crippen LogP contribution < -0.4 is 4.74 Å². The molecule has 0 aliphatic heterocycles. The monoisotopic (exact) mass is 266 g/mol. The summed E-state index contributed by atoms with van der Waals surface area (Å²) in [4.78, 5) is 4.70. The summed E-state index contributed by atoms with van der Waals surface area (Å²) in [6, 6.07) is 16.5. The van der Waals surface area contributed by atoms with Crippen LogP contribution in [0, 0.1) is 0 Å². The van der Waals surface area contributed by atoms with Gasteiger partial charge in [0, 0.05) is 13.0 Å². The van der Waals surface area contributed by atoms with Crippen molar-refractivity contribution in [2.45, 2.75) is 19.9 Å². The molecule has 0 atom stereocenters. The molecule has 0 spiro atoms. The molecule has 3 rings (SSSR count). The molecular weight excluding hydrogens is 248 g/mol. The van der Waals surface area contributed by atoms with Crippen LogP contribution in [0.5, 0.6) is 5.75 Å². The van der Waals surface area contributed by atoms with Crippen LogP contribution in [-0.4, -0.2) is 16.7 Å². The highest BCUT2D eigenvalue weighted by atomic mass is 16.5. The maximum atomic E-state index is 5.29. The fraction of sp³-hybridized carbons (Fsp3) is 0.235. The highest BCUT2D eigenvalue weighted by Gasteiger charge is 2.09. The Balaban J connectivity index is 2.04. The average molecular weight is 266 g/mol. The topological polar surface area (TPSA) is 27.1 Å². The molecule has 0 saturated heterocycles. The number of imidazole rings is 1. The number of methoxy groups -OCH3 is 1. The van der Waals surface area contributed by atoms with E-state index in [1.54, 1.807) is 7.11 Å². The number of aryl methyl sites for hydroxylation is 1. The van der Waals surface area contributed by atoms with Gasteiger partial charge in [0.2, 0.25) is 0 Å². The van der Waals surface area contributed by atoms with Gasteiger partial charge in [0.05, 0.1) is 18.1 Å². The van der Waals surface area contributed by atoms with Crippen molar-refractivity contribution in [3.05, 3.63) is 59.9 Å². The number of fused-ring (bicyclic) bond motifs is 1. The Morgan fingerprint density at radius 2 is 1.95 bits per heavy atom. The Morgan fingerprint density at radius 3 is 2.75 bits per heavy atom. The smallest absolute Gasteiger partial charge is 0.119 e. The zero-order valence-electron chi connectivity index (χ0n) is 11.8. The van der Waals surface area contributed by atoms with Gasteiger partial charge in [-0.25, -0.2) is 4.98 Å². The lowest BCUT2D eigenvalue weighted by atomic mass is 10.2. The van der Waals surface area contributed by atoms with Crippen molar-refractivity contribution in [1.29, 1.82) is 0 Å². The van der Waals surface area contributed by atoms with Crippen LogP contribution in [0.25, 0.3) is 11.0 Å². The van der Waals surface area contributed by atoms with Crippen molar-refractivity contribution in [3.63, 3.8) is 0 Å². The van der Waals surface area contributed by atoms with Crippen LogP contribution in [0.1, 0.15) is 18.3 Å². The third-order valence-electron chi connectivity index (χ3n) is 3.52. The predicted octanol–water partition coefficient (Wildman–Crippen LogP) is 3.66. The zero-order chi connectivity index (χ0) is 13.9. The number of hydrogen-bond donors (Lipinski definition) is 0. The van der Waals surface area contributed by atoms with Crippen LogP contribution in [0.2, 0.25) is 0 Å². The summed E-state index contributed by atoms with van der Waals surface area (Å²) in [6.07, 6.45) is 0.929. The molecule has 0 N–H and O–H groups in total. The minimum absolute atomic E-state index is 0.820. The van der Waals surface area contributed by atoms with Gasteiger partial charge in [0.25, 0.3) is 0 Å². The van der Waals surface area contributed by atoms with Gasteiger partial charge in [-0.1, -0.05) is 31.2 Å². The lowest BCUT2D eigenvalue weighted by Gasteiger charge is -2.09. The normalized spacial score (nSPS) is 10.9. The predicted molar refractivity (Wildman–Crippen MR) is 81.2 cm³/mol. The maximum absolute atomic E-state index is 5.29. The Labute approximate surface area is 118 Å². The molecule has 0 aliphatic carbocycles. The first kappa shape index (κ1) is 12.7. The Kier molecular flexibility index (Phi) is 3.42. The first-order valence-corrected chi connectivity index (χ1v) is 6.89. The number of para-hydroxylation sites is 2. The molecular formula is C17H18N2O. The first-order valence-electron chi connectivity index (χ1n) is 6.89. The van der Waals surface area contributed by atoms with Crippen molar-refractivity contribution in [3.8, 4) is 5.75 Å². The molecule has 0 unspecified atom stereocenters. The SMILES string of the molecule is CCc1nc2ccccc2n1Cc1cccc(OC)c1. The summed E-state index contributed by atoms with van der Waals surface area (Å²) in [5.41, 5.74) is 3.47. The van der Waals surface area contributed by atoms with E-state index in [1.165, 1.54) is 11.1 Å². The second kappa shape index (κ2) is 5.37. The van der Waals surface area contributed by atoms with Gasteiger partial charge in [0.1, 0.15) is 11.6 Å².